The highest BCUT2D eigenvalue weighted by molar-refractivity contribution is 5.90. The maximum absolute atomic E-state index is 13.9. The molecule has 0 spiro atoms. The lowest BCUT2D eigenvalue weighted by Crippen LogP contribution is -2.51. The van der Waals surface area contributed by atoms with Crippen molar-refractivity contribution in [1.29, 1.82) is 0 Å². The van der Waals surface area contributed by atoms with Crippen LogP contribution >= 0.6 is 0 Å². The number of nitrogens with zero attached hydrogens (tertiary/aromatic N) is 5. The van der Waals surface area contributed by atoms with Gasteiger partial charge in [0.2, 0.25) is 11.8 Å². The van der Waals surface area contributed by atoms with E-state index in [1.165, 1.54) is 0 Å². The Kier molecular flexibility index (Phi) is 7.88. The van der Waals surface area contributed by atoms with Crippen LogP contribution in [0.4, 0.5) is 0 Å². The highest BCUT2D eigenvalue weighted by Crippen LogP contribution is 2.40. The predicted molar refractivity (Wildman–Crippen MR) is 138 cm³/mol. The first-order valence-corrected chi connectivity index (χ1v) is 14.2. The SMILES string of the molecule is CC(C)(C)[C@@H](C(=O)N1C[C@H](O)C[C@H]1C(=O)NCC1CCN(C2CCOCC2)CC1)n1cc(C2CC2)nn1. The van der Waals surface area contributed by atoms with Crippen molar-refractivity contribution in [2.45, 2.75) is 95.9 Å². The van der Waals surface area contributed by atoms with Crippen molar-refractivity contribution in [2.24, 2.45) is 11.3 Å². The molecule has 2 amide bonds. The van der Waals surface area contributed by atoms with Crippen LogP contribution in [-0.2, 0) is 14.3 Å². The van der Waals surface area contributed by atoms with Crippen LogP contribution < -0.4 is 5.32 Å². The molecule has 1 aliphatic carbocycles. The van der Waals surface area contributed by atoms with E-state index in [1.807, 2.05) is 27.0 Å². The van der Waals surface area contributed by atoms with E-state index in [4.69, 9.17) is 4.74 Å². The number of aliphatic hydroxyl groups is 1. The molecule has 2 N–H and O–H groups in total. The van der Waals surface area contributed by atoms with Crippen LogP contribution in [0, 0.1) is 11.3 Å². The molecule has 1 aromatic rings. The Morgan fingerprint density at radius 1 is 1.14 bits per heavy atom. The Morgan fingerprint density at radius 3 is 2.49 bits per heavy atom. The fraction of sp³-hybridized carbons (Fsp3) is 0.852. The molecule has 3 atom stereocenters. The minimum absolute atomic E-state index is 0.164. The average Bonchev–Trinajstić information content (AvgIpc) is 3.49. The summed E-state index contributed by atoms with van der Waals surface area (Å²) in [5, 5.41) is 22.2. The summed E-state index contributed by atoms with van der Waals surface area (Å²) in [7, 11) is 0. The molecule has 3 saturated heterocycles. The van der Waals surface area contributed by atoms with Gasteiger partial charge in [-0.05, 0) is 62.9 Å². The number of aromatic nitrogens is 3. The molecule has 10 heteroatoms. The fourth-order valence-electron chi connectivity index (χ4n) is 6.26. The lowest BCUT2D eigenvalue weighted by Gasteiger charge is -2.39. The largest absolute Gasteiger partial charge is 0.391 e. The molecule has 4 heterocycles. The van der Waals surface area contributed by atoms with Crippen molar-refractivity contribution in [3.05, 3.63) is 11.9 Å². The van der Waals surface area contributed by atoms with Crippen LogP contribution in [0.2, 0.25) is 0 Å². The topological polar surface area (TPSA) is 113 Å². The molecule has 0 aromatic carbocycles. The summed E-state index contributed by atoms with van der Waals surface area (Å²) in [6, 6.07) is -0.631. The Balaban J connectivity index is 1.18. The summed E-state index contributed by atoms with van der Waals surface area (Å²) in [5.41, 5.74) is 0.499. The van der Waals surface area contributed by atoms with Gasteiger partial charge in [-0.1, -0.05) is 26.0 Å². The Morgan fingerprint density at radius 2 is 1.84 bits per heavy atom. The number of hydrogen-bond donors (Lipinski definition) is 2. The van der Waals surface area contributed by atoms with Crippen molar-refractivity contribution in [3.8, 4) is 0 Å². The van der Waals surface area contributed by atoms with Gasteiger partial charge in [-0.15, -0.1) is 5.10 Å². The lowest BCUT2D eigenvalue weighted by atomic mass is 9.85. The van der Waals surface area contributed by atoms with Crippen molar-refractivity contribution < 1.29 is 19.4 Å². The number of piperidine rings is 1. The van der Waals surface area contributed by atoms with E-state index in [2.05, 4.69) is 20.5 Å². The van der Waals surface area contributed by atoms with E-state index < -0.39 is 23.6 Å². The molecule has 1 aromatic heterocycles. The summed E-state index contributed by atoms with van der Waals surface area (Å²) in [4.78, 5) is 31.3. The monoisotopic (exact) mass is 516 g/mol. The smallest absolute Gasteiger partial charge is 0.248 e. The third-order valence-electron chi connectivity index (χ3n) is 8.63. The number of ether oxygens (including phenoxy) is 1. The number of rotatable bonds is 7. The first kappa shape index (κ1) is 26.6. The molecule has 0 unspecified atom stereocenters. The van der Waals surface area contributed by atoms with E-state index in [1.54, 1.807) is 9.58 Å². The van der Waals surface area contributed by atoms with Crippen molar-refractivity contribution in [2.75, 3.05) is 39.4 Å². The molecule has 0 radical (unpaired) electrons. The predicted octanol–water partition coefficient (Wildman–Crippen LogP) is 1.71. The third kappa shape index (κ3) is 6.17. The van der Waals surface area contributed by atoms with E-state index in [0.29, 0.717) is 24.4 Å². The van der Waals surface area contributed by atoms with Gasteiger partial charge in [0, 0.05) is 50.9 Å². The second-order valence-corrected chi connectivity index (χ2v) is 12.6. The van der Waals surface area contributed by atoms with Crippen LogP contribution in [-0.4, -0.2) is 99.3 Å². The first-order chi connectivity index (χ1) is 17.7. The van der Waals surface area contributed by atoms with E-state index in [-0.39, 0.29) is 24.8 Å². The van der Waals surface area contributed by atoms with Gasteiger partial charge < -0.3 is 25.0 Å². The van der Waals surface area contributed by atoms with Gasteiger partial charge in [0.05, 0.1) is 11.8 Å². The van der Waals surface area contributed by atoms with E-state index in [0.717, 1.165) is 70.5 Å². The number of likely N-dealkylation sites (tertiary alicyclic amines) is 2. The normalized spacial score (nSPS) is 27.4. The fourth-order valence-corrected chi connectivity index (χ4v) is 6.26. The quantitative estimate of drug-likeness (QED) is 0.567. The highest BCUT2D eigenvalue weighted by atomic mass is 16.5. The second kappa shape index (κ2) is 11.0. The minimum atomic E-state index is -0.708. The zero-order chi connectivity index (χ0) is 26.2. The highest BCUT2D eigenvalue weighted by Gasteiger charge is 2.45. The van der Waals surface area contributed by atoms with Gasteiger partial charge in [-0.3, -0.25) is 9.59 Å². The summed E-state index contributed by atoms with van der Waals surface area (Å²) in [5.74, 6) is 0.539. The lowest BCUT2D eigenvalue weighted by molar-refractivity contribution is -0.144. The maximum Gasteiger partial charge on any atom is 0.248 e. The second-order valence-electron chi connectivity index (χ2n) is 12.6. The van der Waals surface area contributed by atoms with Gasteiger partial charge in [-0.25, -0.2) is 4.68 Å². The standard InChI is InChI=1S/C27H44N6O4/c1-27(2,3)24(33-17-22(29-30-33)19-4-5-19)26(36)32-16-21(34)14-23(32)25(35)28-15-18-6-10-31(11-7-18)20-8-12-37-13-9-20/h17-21,23-24,34H,4-16H2,1-3H3,(H,28,35)/t21-,23+,24-/m1/s1. The summed E-state index contributed by atoms with van der Waals surface area (Å²) < 4.78 is 7.17. The number of nitrogens with one attached hydrogen (secondary N) is 1. The summed E-state index contributed by atoms with van der Waals surface area (Å²) in [6.07, 6.45) is 8.03. The third-order valence-corrected chi connectivity index (χ3v) is 8.63. The molecule has 1 saturated carbocycles. The first-order valence-electron chi connectivity index (χ1n) is 14.2. The van der Waals surface area contributed by atoms with Crippen molar-refractivity contribution in [3.63, 3.8) is 0 Å². The van der Waals surface area contributed by atoms with E-state index >= 15 is 0 Å². The van der Waals surface area contributed by atoms with Gasteiger partial charge in [0.1, 0.15) is 12.1 Å². The van der Waals surface area contributed by atoms with Crippen LogP contribution in [0.25, 0.3) is 0 Å². The molecule has 5 rings (SSSR count). The molecule has 206 valence electrons. The Bertz CT molecular complexity index is 943. The summed E-state index contributed by atoms with van der Waals surface area (Å²) in [6.45, 7) is 10.6. The van der Waals surface area contributed by atoms with Gasteiger partial charge in [0.25, 0.3) is 0 Å². The molecular weight excluding hydrogens is 472 g/mol. The molecule has 0 bridgehead atoms. The maximum atomic E-state index is 13.9. The van der Waals surface area contributed by atoms with Crippen LogP contribution in [0.15, 0.2) is 6.20 Å². The number of amides is 2. The number of β-amino-alcohol motifs (C(OH)–C–C–N with tert-alkyl or cyclic N) is 1. The average molecular weight is 517 g/mol. The van der Waals surface area contributed by atoms with Crippen LogP contribution in [0.1, 0.15) is 83.4 Å². The number of hydrogen-bond acceptors (Lipinski definition) is 7. The molecule has 4 fully saturated rings. The van der Waals surface area contributed by atoms with Crippen LogP contribution in [0.3, 0.4) is 0 Å². The van der Waals surface area contributed by atoms with Gasteiger partial charge >= 0.3 is 0 Å². The number of carbonyl (C=O) groups is 2. The zero-order valence-corrected chi connectivity index (χ0v) is 22.6. The Hall–Kier alpha value is -2.04. The Labute approximate surface area is 220 Å². The van der Waals surface area contributed by atoms with Gasteiger partial charge in [-0.2, -0.15) is 0 Å². The van der Waals surface area contributed by atoms with Crippen molar-refractivity contribution >= 4 is 11.8 Å². The molecule has 4 aliphatic rings. The van der Waals surface area contributed by atoms with Crippen LogP contribution in [0.5, 0.6) is 0 Å². The zero-order valence-electron chi connectivity index (χ0n) is 22.6. The molecular formula is C27H44N6O4. The minimum Gasteiger partial charge on any atom is -0.391 e. The molecule has 3 aliphatic heterocycles. The molecule has 10 nitrogen and oxygen atoms in total. The molecule has 37 heavy (non-hydrogen) atoms. The number of aliphatic hydroxyl groups excluding tert-OH is 1. The summed E-state index contributed by atoms with van der Waals surface area (Å²) >= 11 is 0. The van der Waals surface area contributed by atoms with E-state index in [9.17, 15) is 14.7 Å². The van der Waals surface area contributed by atoms with Gasteiger partial charge in [0.15, 0.2) is 0 Å². The van der Waals surface area contributed by atoms with Crippen molar-refractivity contribution in [1.82, 2.24) is 30.1 Å². The number of carbonyl (C=O) groups excluding carboxylic acids is 2.